The Balaban J connectivity index is 3.98. The van der Waals surface area contributed by atoms with E-state index in [0.717, 1.165) is 19.3 Å². The molecule has 0 rings (SSSR count). The molecule has 0 fully saturated rings. The van der Waals surface area contributed by atoms with Crippen LogP contribution in [0.25, 0.3) is 0 Å². The minimum Gasteiger partial charge on any atom is -0.464 e. The van der Waals surface area contributed by atoms with Crippen LogP contribution in [-0.2, 0) is 14.3 Å². The molecule has 0 aliphatic rings. The van der Waals surface area contributed by atoms with E-state index >= 15 is 0 Å². The van der Waals surface area contributed by atoms with Gasteiger partial charge in [0.05, 0.1) is 6.61 Å². The maximum absolute atomic E-state index is 11.5. The molecule has 4 nitrogen and oxygen atoms in total. The number of ether oxygens (including phenoxy) is 1. The maximum Gasteiger partial charge on any atom is 0.328 e. The summed E-state index contributed by atoms with van der Waals surface area (Å²) < 4.78 is 5.04. The Kier molecular flexibility index (Phi) is 7.68. The molecule has 0 aliphatic heterocycles. The molecule has 0 spiro atoms. The molecule has 0 saturated heterocycles. The Morgan fingerprint density at radius 2 is 1.93 bits per heavy atom. The zero-order valence-electron chi connectivity index (χ0n) is 9.84. The highest BCUT2D eigenvalue weighted by molar-refractivity contribution is 5.83. The lowest BCUT2D eigenvalue weighted by atomic mass is 10.1. The lowest BCUT2D eigenvalue weighted by molar-refractivity contribution is -0.148. The second-order valence-electron chi connectivity index (χ2n) is 3.56. The predicted octanol–water partition coefficient (Wildman–Crippen LogP) is 1.63. The number of nitrogens with one attached hydrogen (secondary N) is 1. The van der Waals surface area contributed by atoms with Gasteiger partial charge in [-0.3, -0.25) is 4.79 Å². The van der Waals surface area contributed by atoms with Crippen LogP contribution in [0, 0.1) is 0 Å². The van der Waals surface area contributed by atoms with Crippen LogP contribution in [-0.4, -0.2) is 24.5 Å². The number of carbonyl (C=O) groups is 2. The van der Waals surface area contributed by atoms with Crippen molar-refractivity contribution in [3.05, 3.63) is 0 Å². The van der Waals surface area contributed by atoms with Crippen molar-refractivity contribution in [2.24, 2.45) is 0 Å². The summed E-state index contributed by atoms with van der Waals surface area (Å²) in [6, 6.07) is -0.482. The minimum atomic E-state index is -0.482. The summed E-state index contributed by atoms with van der Waals surface area (Å²) in [6.45, 7) is 5.84. The van der Waals surface area contributed by atoms with Crippen LogP contribution in [0.4, 0.5) is 0 Å². The number of hydrogen-bond acceptors (Lipinski definition) is 3. The maximum atomic E-state index is 11.5. The molecule has 0 saturated carbocycles. The Morgan fingerprint density at radius 1 is 1.27 bits per heavy atom. The lowest BCUT2D eigenvalue weighted by Gasteiger charge is -2.15. The van der Waals surface area contributed by atoms with E-state index in [1.165, 1.54) is 6.92 Å². The Labute approximate surface area is 91.4 Å². The van der Waals surface area contributed by atoms with Crippen LogP contribution in [0.1, 0.15) is 46.5 Å². The third-order valence-electron chi connectivity index (χ3n) is 1.98. The van der Waals surface area contributed by atoms with E-state index in [0.29, 0.717) is 13.0 Å². The molecule has 1 amide bonds. The SMILES string of the molecule is CCCCOC(=O)C(CCC)NC(C)=O. The highest BCUT2D eigenvalue weighted by Crippen LogP contribution is 2.00. The predicted molar refractivity (Wildman–Crippen MR) is 58.4 cm³/mol. The highest BCUT2D eigenvalue weighted by Gasteiger charge is 2.19. The van der Waals surface area contributed by atoms with Gasteiger partial charge in [-0.1, -0.05) is 26.7 Å². The second kappa shape index (κ2) is 8.26. The largest absolute Gasteiger partial charge is 0.464 e. The molecule has 0 aromatic rings. The first-order valence-electron chi connectivity index (χ1n) is 5.55. The van der Waals surface area contributed by atoms with Crippen LogP contribution in [0.3, 0.4) is 0 Å². The van der Waals surface area contributed by atoms with Crippen molar-refractivity contribution in [1.82, 2.24) is 5.32 Å². The molecule has 0 aromatic carbocycles. The van der Waals surface area contributed by atoms with Gasteiger partial charge in [0.1, 0.15) is 6.04 Å². The minimum absolute atomic E-state index is 0.194. The zero-order chi connectivity index (χ0) is 11.7. The standard InChI is InChI=1S/C11H21NO3/c1-4-6-8-15-11(14)10(7-5-2)12-9(3)13/h10H,4-8H2,1-3H3,(H,12,13). The van der Waals surface area contributed by atoms with Crippen LogP contribution in [0.2, 0.25) is 0 Å². The van der Waals surface area contributed by atoms with Gasteiger partial charge in [0.2, 0.25) is 5.91 Å². The van der Waals surface area contributed by atoms with Gasteiger partial charge >= 0.3 is 5.97 Å². The van der Waals surface area contributed by atoms with Gasteiger partial charge < -0.3 is 10.1 Å². The van der Waals surface area contributed by atoms with Crippen LogP contribution in [0.5, 0.6) is 0 Å². The molecule has 0 bridgehead atoms. The highest BCUT2D eigenvalue weighted by atomic mass is 16.5. The molecule has 4 heteroatoms. The second-order valence-corrected chi connectivity index (χ2v) is 3.56. The van der Waals surface area contributed by atoms with Crippen molar-refractivity contribution in [3.8, 4) is 0 Å². The number of amides is 1. The van der Waals surface area contributed by atoms with Gasteiger partial charge in [-0.15, -0.1) is 0 Å². The van der Waals surface area contributed by atoms with Gasteiger partial charge in [0, 0.05) is 6.92 Å². The zero-order valence-corrected chi connectivity index (χ0v) is 9.84. The van der Waals surface area contributed by atoms with Crippen molar-refractivity contribution in [1.29, 1.82) is 0 Å². The smallest absolute Gasteiger partial charge is 0.328 e. The third-order valence-corrected chi connectivity index (χ3v) is 1.98. The van der Waals surface area contributed by atoms with E-state index in [1.807, 2.05) is 13.8 Å². The summed E-state index contributed by atoms with van der Waals surface area (Å²) in [4.78, 5) is 22.4. The normalized spacial score (nSPS) is 11.9. The molecule has 1 N–H and O–H groups in total. The van der Waals surface area contributed by atoms with Crippen LogP contribution >= 0.6 is 0 Å². The van der Waals surface area contributed by atoms with Gasteiger partial charge in [0.25, 0.3) is 0 Å². The molecular formula is C11H21NO3. The van der Waals surface area contributed by atoms with E-state index in [2.05, 4.69) is 5.32 Å². The van der Waals surface area contributed by atoms with E-state index < -0.39 is 6.04 Å². The molecular weight excluding hydrogens is 194 g/mol. The number of carbonyl (C=O) groups excluding carboxylic acids is 2. The van der Waals surface area contributed by atoms with Gasteiger partial charge in [-0.05, 0) is 12.8 Å². The first-order chi connectivity index (χ1) is 7.11. The summed E-state index contributed by atoms with van der Waals surface area (Å²) >= 11 is 0. The summed E-state index contributed by atoms with van der Waals surface area (Å²) in [5.41, 5.74) is 0. The molecule has 1 atom stereocenters. The topological polar surface area (TPSA) is 55.4 Å². The van der Waals surface area contributed by atoms with Gasteiger partial charge in [-0.25, -0.2) is 4.79 Å². The number of rotatable bonds is 7. The molecule has 15 heavy (non-hydrogen) atoms. The fourth-order valence-corrected chi connectivity index (χ4v) is 1.20. The van der Waals surface area contributed by atoms with Crippen LogP contribution < -0.4 is 5.32 Å². The quantitative estimate of drug-likeness (QED) is 0.519. The van der Waals surface area contributed by atoms with E-state index in [9.17, 15) is 9.59 Å². The monoisotopic (exact) mass is 215 g/mol. The van der Waals surface area contributed by atoms with Crippen molar-refractivity contribution in [2.45, 2.75) is 52.5 Å². The Bertz CT molecular complexity index is 204. The fourth-order valence-electron chi connectivity index (χ4n) is 1.20. The average Bonchev–Trinajstić information content (AvgIpc) is 2.17. The molecule has 88 valence electrons. The third kappa shape index (κ3) is 6.94. The molecule has 0 aliphatic carbocycles. The summed E-state index contributed by atoms with van der Waals surface area (Å²) in [5, 5.41) is 2.59. The van der Waals surface area contributed by atoms with Crippen molar-refractivity contribution >= 4 is 11.9 Å². The van der Waals surface area contributed by atoms with Crippen molar-refractivity contribution in [2.75, 3.05) is 6.61 Å². The van der Waals surface area contributed by atoms with Crippen molar-refractivity contribution in [3.63, 3.8) is 0 Å². The average molecular weight is 215 g/mol. The van der Waals surface area contributed by atoms with Crippen LogP contribution in [0.15, 0.2) is 0 Å². The lowest BCUT2D eigenvalue weighted by Crippen LogP contribution is -2.40. The van der Waals surface area contributed by atoms with Crippen molar-refractivity contribution < 1.29 is 14.3 Å². The Hall–Kier alpha value is -1.06. The fraction of sp³-hybridized carbons (Fsp3) is 0.818. The number of unbranched alkanes of at least 4 members (excludes halogenated alkanes) is 1. The number of esters is 1. The molecule has 0 aromatic heterocycles. The van der Waals surface area contributed by atoms with Gasteiger partial charge in [0.15, 0.2) is 0 Å². The van der Waals surface area contributed by atoms with Gasteiger partial charge in [-0.2, -0.15) is 0 Å². The van der Waals surface area contributed by atoms with E-state index in [4.69, 9.17) is 4.74 Å². The van der Waals surface area contributed by atoms with E-state index in [-0.39, 0.29) is 11.9 Å². The summed E-state index contributed by atoms with van der Waals surface area (Å²) in [5.74, 6) is -0.513. The molecule has 0 radical (unpaired) electrons. The Morgan fingerprint density at radius 3 is 2.40 bits per heavy atom. The first-order valence-corrected chi connectivity index (χ1v) is 5.55. The number of hydrogen-bond donors (Lipinski definition) is 1. The molecule has 1 unspecified atom stereocenters. The summed E-state index contributed by atoms with van der Waals surface area (Å²) in [6.07, 6.45) is 3.33. The summed E-state index contributed by atoms with van der Waals surface area (Å²) in [7, 11) is 0. The molecule has 0 heterocycles. The first kappa shape index (κ1) is 13.9. The van der Waals surface area contributed by atoms with E-state index in [1.54, 1.807) is 0 Å².